The van der Waals surface area contributed by atoms with Gasteiger partial charge in [-0.25, -0.2) is 14.7 Å². The molecule has 0 spiro atoms. The second-order valence-electron chi connectivity index (χ2n) is 10.6. The number of hydrogen-bond acceptors (Lipinski definition) is 9. The number of aromatic amines is 1. The standard InChI is InChI=1S/C30H30ClN9O6/c1-46-29(43)33-22-8-4-19(5-9-22)23-15-25(35-36-28(23)42)24(13-18-3-2-12-39(16-18)30(44)45)34-27(41)11-6-20-14-21(31)7-10-26(20)40-17-32-37-38-40/h4-11,14-15,17-18,24H,2-3,12-13,16H2,1H3,(H,33,43)(H,34,41)(H,36,42)(H,44,45). The van der Waals surface area contributed by atoms with Crippen molar-refractivity contribution in [3.63, 3.8) is 0 Å². The summed E-state index contributed by atoms with van der Waals surface area (Å²) in [6, 6.07) is 12.6. The van der Waals surface area contributed by atoms with E-state index in [2.05, 4.69) is 41.1 Å². The van der Waals surface area contributed by atoms with Crippen LogP contribution >= 0.6 is 11.6 Å². The molecule has 2 aromatic carbocycles. The van der Waals surface area contributed by atoms with Crippen LogP contribution in [-0.4, -0.2) is 78.7 Å². The highest BCUT2D eigenvalue weighted by Crippen LogP contribution is 2.29. The molecule has 0 saturated carbocycles. The predicted molar refractivity (Wildman–Crippen MR) is 167 cm³/mol. The molecule has 0 radical (unpaired) electrons. The van der Waals surface area contributed by atoms with Crippen molar-refractivity contribution in [3.05, 3.63) is 87.6 Å². The van der Waals surface area contributed by atoms with E-state index in [1.807, 2.05) is 0 Å². The first-order valence-corrected chi connectivity index (χ1v) is 14.6. The number of tetrazole rings is 1. The van der Waals surface area contributed by atoms with E-state index >= 15 is 0 Å². The third kappa shape index (κ3) is 7.92. The smallest absolute Gasteiger partial charge is 0.411 e. The minimum atomic E-state index is -0.997. The van der Waals surface area contributed by atoms with Crippen LogP contribution < -0.4 is 16.2 Å². The van der Waals surface area contributed by atoms with Gasteiger partial charge in [-0.1, -0.05) is 23.7 Å². The zero-order chi connectivity index (χ0) is 32.6. The molecule has 4 aromatic rings. The van der Waals surface area contributed by atoms with Gasteiger partial charge in [0.05, 0.1) is 30.1 Å². The second kappa shape index (κ2) is 14.5. The molecule has 16 heteroatoms. The topological polar surface area (TPSA) is 197 Å². The number of aromatic nitrogens is 6. The van der Waals surface area contributed by atoms with Gasteiger partial charge in [-0.15, -0.1) is 5.10 Å². The fourth-order valence-corrected chi connectivity index (χ4v) is 5.44. The quantitative estimate of drug-likeness (QED) is 0.193. The van der Waals surface area contributed by atoms with Gasteiger partial charge in [0, 0.05) is 35.4 Å². The summed E-state index contributed by atoms with van der Waals surface area (Å²) >= 11 is 6.21. The summed E-state index contributed by atoms with van der Waals surface area (Å²) in [7, 11) is 1.25. The Morgan fingerprint density at radius 2 is 2.00 bits per heavy atom. The average Bonchev–Trinajstić information content (AvgIpc) is 3.59. The molecule has 4 N–H and O–H groups in total. The van der Waals surface area contributed by atoms with Crippen LogP contribution in [0.5, 0.6) is 0 Å². The van der Waals surface area contributed by atoms with Gasteiger partial charge in [-0.3, -0.25) is 14.9 Å². The Kier molecular flexibility index (Phi) is 10.0. The molecule has 3 heterocycles. The van der Waals surface area contributed by atoms with Gasteiger partial charge in [0.2, 0.25) is 5.91 Å². The molecule has 3 amide bonds. The predicted octanol–water partition coefficient (Wildman–Crippen LogP) is 3.90. The number of halogens is 1. The molecule has 1 fully saturated rings. The first-order chi connectivity index (χ1) is 22.2. The van der Waals surface area contributed by atoms with Gasteiger partial charge < -0.3 is 20.1 Å². The minimum Gasteiger partial charge on any atom is -0.465 e. The summed E-state index contributed by atoms with van der Waals surface area (Å²) in [4.78, 5) is 50.8. The van der Waals surface area contributed by atoms with E-state index in [1.165, 1.54) is 29.1 Å². The van der Waals surface area contributed by atoms with Crippen LogP contribution in [0.1, 0.15) is 36.6 Å². The largest absolute Gasteiger partial charge is 0.465 e. The Bertz CT molecular complexity index is 1790. The monoisotopic (exact) mass is 647 g/mol. The van der Waals surface area contributed by atoms with Crippen molar-refractivity contribution in [1.82, 2.24) is 40.6 Å². The van der Waals surface area contributed by atoms with E-state index in [1.54, 1.807) is 54.6 Å². The molecule has 238 valence electrons. The number of ether oxygens (including phenoxy) is 1. The number of nitrogens with zero attached hydrogens (tertiary/aromatic N) is 6. The summed E-state index contributed by atoms with van der Waals surface area (Å²) in [5.74, 6) is -0.523. The Morgan fingerprint density at radius 3 is 2.72 bits per heavy atom. The number of benzene rings is 2. The van der Waals surface area contributed by atoms with Gasteiger partial charge in [0.15, 0.2) is 0 Å². The van der Waals surface area contributed by atoms with Crippen LogP contribution in [0, 0.1) is 5.92 Å². The van der Waals surface area contributed by atoms with Crippen LogP contribution in [-0.2, 0) is 9.53 Å². The van der Waals surface area contributed by atoms with E-state index in [0.29, 0.717) is 64.7 Å². The highest BCUT2D eigenvalue weighted by atomic mass is 35.5. The lowest BCUT2D eigenvalue weighted by Gasteiger charge is -2.32. The molecular weight excluding hydrogens is 618 g/mol. The van der Waals surface area contributed by atoms with Crippen LogP contribution in [0.3, 0.4) is 0 Å². The fraction of sp³-hybridized carbons (Fsp3) is 0.267. The lowest BCUT2D eigenvalue weighted by atomic mass is 9.89. The molecule has 5 rings (SSSR count). The number of likely N-dealkylation sites (tertiary alicyclic amines) is 1. The van der Waals surface area contributed by atoms with Crippen molar-refractivity contribution >= 4 is 41.5 Å². The number of carboxylic acid groups (broad SMARTS) is 1. The maximum atomic E-state index is 13.3. The Hall–Kier alpha value is -5.57. The van der Waals surface area contributed by atoms with E-state index in [9.17, 15) is 24.3 Å². The van der Waals surface area contributed by atoms with Crippen LogP contribution in [0.4, 0.5) is 15.3 Å². The molecule has 1 aliphatic heterocycles. The van der Waals surface area contributed by atoms with Crippen molar-refractivity contribution in [1.29, 1.82) is 0 Å². The number of hydrogen-bond donors (Lipinski definition) is 4. The summed E-state index contributed by atoms with van der Waals surface area (Å²) < 4.78 is 6.05. The Balaban J connectivity index is 1.42. The zero-order valence-corrected chi connectivity index (χ0v) is 25.3. The van der Waals surface area contributed by atoms with Crippen molar-refractivity contribution in [2.45, 2.75) is 25.3 Å². The van der Waals surface area contributed by atoms with Crippen LogP contribution in [0.25, 0.3) is 22.9 Å². The molecule has 1 saturated heterocycles. The molecule has 15 nitrogen and oxygen atoms in total. The SMILES string of the molecule is COC(=O)Nc1ccc(-c2cc(C(CC3CCCN(C(=O)O)C3)NC(=O)C=Cc3cc(Cl)ccc3-n3cnnn3)n[nH]c2=O)cc1. The number of rotatable bonds is 9. The number of nitrogens with one attached hydrogen (secondary N) is 3. The van der Waals surface area contributed by atoms with Crippen LogP contribution in [0.2, 0.25) is 5.02 Å². The van der Waals surface area contributed by atoms with E-state index in [-0.39, 0.29) is 5.92 Å². The van der Waals surface area contributed by atoms with E-state index in [4.69, 9.17) is 11.6 Å². The van der Waals surface area contributed by atoms with Gasteiger partial charge in [0.1, 0.15) is 6.33 Å². The molecule has 2 unspecified atom stereocenters. The maximum absolute atomic E-state index is 13.3. The first-order valence-electron chi connectivity index (χ1n) is 14.2. The molecule has 2 aromatic heterocycles. The normalized spacial score (nSPS) is 15.3. The zero-order valence-electron chi connectivity index (χ0n) is 24.6. The average molecular weight is 648 g/mol. The third-order valence-corrected chi connectivity index (χ3v) is 7.72. The fourth-order valence-electron chi connectivity index (χ4n) is 5.26. The maximum Gasteiger partial charge on any atom is 0.411 e. The van der Waals surface area contributed by atoms with E-state index in [0.717, 1.165) is 6.42 Å². The molecular formula is C30H30ClN9O6. The lowest BCUT2D eigenvalue weighted by Crippen LogP contribution is -2.40. The third-order valence-electron chi connectivity index (χ3n) is 7.48. The summed E-state index contributed by atoms with van der Waals surface area (Å²) in [5.41, 5.74) is 2.45. The number of carbonyl (C=O) groups excluding carboxylic acids is 2. The summed E-state index contributed by atoms with van der Waals surface area (Å²) in [6.45, 7) is 0.747. The number of anilines is 1. The second-order valence-corrected chi connectivity index (χ2v) is 11.0. The highest BCUT2D eigenvalue weighted by molar-refractivity contribution is 6.30. The molecule has 0 bridgehead atoms. The van der Waals surface area contributed by atoms with E-state index < -0.39 is 29.7 Å². The number of methoxy groups -OCH3 is 1. The van der Waals surface area contributed by atoms with Crippen molar-refractivity contribution in [3.8, 4) is 16.8 Å². The summed E-state index contributed by atoms with van der Waals surface area (Å²) in [5, 5.41) is 33.6. The van der Waals surface area contributed by atoms with Gasteiger partial charge in [-0.2, -0.15) is 9.78 Å². The minimum absolute atomic E-state index is 0.0701. The molecule has 2 atom stereocenters. The Morgan fingerprint density at radius 1 is 1.20 bits per heavy atom. The van der Waals surface area contributed by atoms with Gasteiger partial charge in [0.25, 0.3) is 5.56 Å². The molecule has 0 aliphatic carbocycles. The lowest BCUT2D eigenvalue weighted by molar-refractivity contribution is -0.117. The van der Waals surface area contributed by atoms with Crippen molar-refractivity contribution < 1.29 is 24.2 Å². The number of H-pyrrole nitrogens is 1. The molecule has 46 heavy (non-hydrogen) atoms. The number of piperidine rings is 1. The highest BCUT2D eigenvalue weighted by Gasteiger charge is 2.28. The Labute approximate surface area is 267 Å². The van der Waals surface area contributed by atoms with Crippen LogP contribution in [0.15, 0.2) is 65.7 Å². The summed E-state index contributed by atoms with van der Waals surface area (Å²) in [6.07, 6.45) is 4.53. The van der Waals surface area contributed by atoms with Gasteiger partial charge >= 0.3 is 12.2 Å². The van der Waals surface area contributed by atoms with Gasteiger partial charge in [-0.05, 0) is 83.6 Å². The van der Waals surface area contributed by atoms with Crippen molar-refractivity contribution in [2.75, 3.05) is 25.5 Å². The number of carbonyl (C=O) groups is 3. The molecule has 1 aliphatic rings. The number of amides is 3. The van der Waals surface area contributed by atoms with Crippen molar-refractivity contribution in [2.24, 2.45) is 5.92 Å². The first kappa shape index (κ1) is 31.8.